The van der Waals surface area contributed by atoms with Gasteiger partial charge in [-0.15, -0.1) is 4.91 Å². The molecular formula is C21H25FN4O7S. The van der Waals surface area contributed by atoms with Gasteiger partial charge in [0.05, 0.1) is 30.0 Å². The molecule has 1 heterocycles. The van der Waals surface area contributed by atoms with Crippen LogP contribution in [0.15, 0.2) is 40.7 Å². The average Bonchev–Trinajstić information content (AvgIpc) is 2.75. The number of benzene rings is 1. The maximum atomic E-state index is 13.5. The molecule has 0 aliphatic carbocycles. The molecule has 0 fully saturated rings. The maximum absolute atomic E-state index is 13.5. The van der Waals surface area contributed by atoms with Crippen LogP contribution >= 0.6 is 0 Å². The lowest BCUT2D eigenvalue weighted by Crippen LogP contribution is -2.26. The third-order valence-electron chi connectivity index (χ3n) is 4.59. The Balaban J connectivity index is 2.61. The van der Waals surface area contributed by atoms with Crippen LogP contribution in [0.5, 0.6) is 0 Å². The van der Waals surface area contributed by atoms with Gasteiger partial charge in [0.2, 0.25) is 0 Å². The van der Waals surface area contributed by atoms with E-state index in [0.717, 1.165) is 0 Å². The van der Waals surface area contributed by atoms with Crippen molar-refractivity contribution >= 4 is 22.1 Å². The van der Waals surface area contributed by atoms with Gasteiger partial charge in [0.1, 0.15) is 12.5 Å². The summed E-state index contributed by atoms with van der Waals surface area (Å²) < 4.78 is 40.6. The molecule has 1 aromatic carbocycles. The molecule has 0 radical (unpaired) electrons. The highest BCUT2D eigenvalue weighted by Gasteiger charge is 2.24. The molecule has 1 aromatic heterocycles. The summed E-state index contributed by atoms with van der Waals surface area (Å²) in [6.07, 6.45) is -0.559. The third-order valence-corrected chi connectivity index (χ3v) is 5.76. The van der Waals surface area contributed by atoms with Gasteiger partial charge in [-0.25, -0.2) is 22.8 Å². The number of carboxylic acids is 1. The lowest BCUT2D eigenvalue weighted by molar-refractivity contribution is -0.139. The quantitative estimate of drug-likeness (QED) is 0.252. The van der Waals surface area contributed by atoms with Crippen molar-refractivity contribution in [3.63, 3.8) is 0 Å². The standard InChI is InChI=1S/C21H25FN4O7S/c1-12(2)19-17(8-7-15(27)9-16(28)10-18(29)30)20(13-3-5-14(22)6-4-13)26-21(25-19)34(32,33)24-11-23-31/h3-8,12,15-16,24,27-28H,9-11H2,1-2H3,(H,29,30)/b8-7+/t15-,16-/m1/s1. The van der Waals surface area contributed by atoms with E-state index in [1.807, 2.05) is 4.72 Å². The Morgan fingerprint density at radius 1 is 1.21 bits per heavy atom. The molecule has 13 heteroatoms. The number of rotatable bonds is 12. The fraction of sp³-hybridized carbons (Fsp3) is 0.381. The Morgan fingerprint density at radius 3 is 2.41 bits per heavy atom. The van der Waals surface area contributed by atoms with E-state index in [1.165, 1.54) is 36.4 Å². The first kappa shape index (κ1) is 27.1. The third kappa shape index (κ3) is 7.45. The van der Waals surface area contributed by atoms with Crippen molar-refractivity contribution in [3.8, 4) is 11.3 Å². The number of hydrogen-bond donors (Lipinski definition) is 4. The highest BCUT2D eigenvalue weighted by atomic mass is 32.2. The summed E-state index contributed by atoms with van der Waals surface area (Å²) >= 11 is 0. The fourth-order valence-electron chi connectivity index (χ4n) is 3.04. The minimum Gasteiger partial charge on any atom is -0.481 e. The number of hydrogen-bond acceptors (Lipinski definition) is 9. The number of sulfonamides is 1. The molecule has 2 rings (SSSR count). The first-order valence-corrected chi connectivity index (χ1v) is 11.7. The van der Waals surface area contributed by atoms with E-state index in [0.29, 0.717) is 11.1 Å². The summed E-state index contributed by atoms with van der Waals surface area (Å²) in [6, 6.07) is 5.12. The lowest BCUT2D eigenvalue weighted by Gasteiger charge is -2.16. The molecule has 0 saturated carbocycles. The number of nitrogens with zero attached hydrogens (tertiary/aromatic N) is 3. The zero-order valence-corrected chi connectivity index (χ0v) is 19.2. The predicted molar refractivity (Wildman–Crippen MR) is 120 cm³/mol. The number of nitrogens with one attached hydrogen (secondary N) is 1. The van der Waals surface area contributed by atoms with E-state index >= 15 is 0 Å². The normalized spacial score (nSPS) is 13.8. The Morgan fingerprint density at radius 2 is 1.85 bits per heavy atom. The van der Waals surface area contributed by atoms with Gasteiger partial charge >= 0.3 is 5.97 Å². The summed E-state index contributed by atoms with van der Waals surface area (Å²) in [5.41, 5.74) is 1.09. The van der Waals surface area contributed by atoms with Crippen LogP contribution in [0, 0.1) is 10.7 Å². The lowest BCUT2D eigenvalue weighted by atomic mass is 9.97. The molecular weight excluding hydrogens is 471 g/mol. The molecule has 0 bridgehead atoms. The number of nitroso groups, excluding NO2 is 1. The van der Waals surface area contributed by atoms with Crippen molar-refractivity contribution < 1.29 is 32.9 Å². The summed E-state index contributed by atoms with van der Waals surface area (Å²) in [7, 11) is -4.29. The van der Waals surface area contributed by atoms with Crippen LogP contribution in [0.3, 0.4) is 0 Å². The van der Waals surface area contributed by atoms with Gasteiger partial charge in [0.25, 0.3) is 15.2 Å². The monoisotopic (exact) mass is 496 g/mol. The van der Waals surface area contributed by atoms with Crippen LogP contribution in [0.1, 0.15) is 43.9 Å². The van der Waals surface area contributed by atoms with Gasteiger partial charge in [0.15, 0.2) is 0 Å². The molecule has 2 atom stereocenters. The highest BCUT2D eigenvalue weighted by Crippen LogP contribution is 2.30. The zero-order chi connectivity index (χ0) is 25.5. The first-order chi connectivity index (χ1) is 15.9. The smallest absolute Gasteiger partial charge is 0.305 e. The fourth-order valence-corrected chi connectivity index (χ4v) is 3.83. The summed E-state index contributed by atoms with van der Waals surface area (Å²) in [4.78, 5) is 29.4. The molecule has 0 amide bonds. The van der Waals surface area contributed by atoms with E-state index < -0.39 is 52.3 Å². The molecule has 0 spiro atoms. The van der Waals surface area contributed by atoms with Gasteiger partial charge in [0, 0.05) is 17.5 Å². The number of aliphatic carboxylic acids is 1. The number of halogens is 1. The SMILES string of the molecule is CC(C)c1nc(S(=O)(=O)NCN=O)nc(-c2ccc(F)cc2)c1/C=C/[C@@H](O)C[C@@H](O)CC(=O)O. The molecule has 0 aliphatic heterocycles. The largest absolute Gasteiger partial charge is 0.481 e. The van der Waals surface area contributed by atoms with Crippen LogP contribution in [0.2, 0.25) is 0 Å². The maximum Gasteiger partial charge on any atom is 0.305 e. The second-order valence-corrected chi connectivity index (χ2v) is 9.32. The van der Waals surface area contributed by atoms with Crippen molar-refractivity contribution in [2.45, 2.75) is 50.0 Å². The first-order valence-electron chi connectivity index (χ1n) is 10.2. The number of aromatic nitrogens is 2. The zero-order valence-electron chi connectivity index (χ0n) is 18.4. The van der Waals surface area contributed by atoms with E-state index in [2.05, 4.69) is 15.1 Å². The predicted octanol–water partition coefficient (Wildman–Crippen LogP) is 2.01. The van der Waals surface area contributed by atoms with Gasteiger partial charge in [-0.1, -0.05) is 31.2 Å². The molecule has 11 nitrogen and oxygen atoms in total. The summed E-state index contributed by atoms with van der Waals surface area (Å²) in [5.74, 6) is -2.06. The van der Waals surface area contributed by atoms with Crippen LogP contribution in [-0.4, -0.2) is 58.6 Å². The Bertz CT molecular complexity index is 1150. The molecule has 2 aromatic rings. The van der Waals surface area contributed by atoms with E-state index in [1.54, 1.807) is 13.8 Å². The van der Waals surface area contributed by atoms with Gasteiger partial charge in [-0.05, 0) is 30.2 Å². The van der Waals surface area contributed by atoms with Crippen LogP contribution in [-0.2, 0) is 14.8 Å². The topological polar surface area (TPSA) is 179 Å². The molecule has 4 N–H and O–H groups in total. The number of carboxylic acid groups (broad SMARTS) is 1. The molecule has 34 heavy (non-hydrogen) atoms. The van der Waals surface area contributed by atoms with Crippen molar-refractivity contribution in [2.24, 2.45) is 5.18 Å². The Labute approximate surface area is 195 Å². The number of carbonyl (C=O) groups is 1. The number of aliphatic hydroxyl groups is 2. The van der Waals surface area contributed by atoms with Crippen molar-refractivity contribution in [1.29, 1.82) is 0 Å². The average molecular weight is 497 g/mol. The van der Waals surface area contributed by atoms with Crippen LogP contribution in [0.25, 0.3) is 17.3 Å². The van der Waals surface area contributed by atoms with Crippen molar-refractivity contribution in [1.82, 2.24) is 14.7 Å². The molecule has 0 unspecified atom stereocenters. The van der Waals surface area contributed by atoms with Gasteiger partial charge in [-0.2, -0.15) is 4.72 Å². The van der Waals surface area contributed by atoms with Crippen LogP contribution < -0.4 is 4.72 Å². The number of aliphatic hydroxyl groups excluding tert-OH is 2. The van der Waals surface area contributed by atoms with Crippen LogP contribution in [0.4, 0.5) is 4.39 Å². The summed E-state index contributed by atoms with van der Waals surface area (Å²) in [6.45, 7) is 2.77. The minimum absolute atomic E-state index is 0.118. The Kier molecular flexibility index (Phi) is 9.44. The van der Waals surface area contributed by atoms with E-state index in [4.69, 9.17) is 5.11 Å². The summed E-state index contributed by atoms with van der Waals surface area (Å²) in [5, 5.41) is 30.6. The highest BCUT2D eigenvalue weighted by molar-refractivity contribution is 7.89. The molecule has 184 valence electrons. The minimum atomic E-state index is -4.29. The van der Waals surface area contributed by atoms with Crippen molar-refractivity contribution in [3.05, 3.63) is 52.3 Å². The van der Waals surface area contributed by atoms with Gasteiger partial charge in [-0.3, -0.25) is 4.79 Å². The Hall–Kier alpha value is -3.13. The second kappa shape index (κ2) is 11.8. The molecule has 0 saturated heterocycles. The molecule has 0 aliphatic rings. The van der Waals surface area contributed by atoms with Crippen molar-refractivity contribution in [2.75, 3.05) is 6.67 Å². The van der Waals surface area contributed by atoms with E-state index in [-0.39, 0.29) is 23.7 Å². The van der Waals surface area contributed by atoms with Gasteiger partial charge < -0.3 is 15.3 Å². The second-order valence-electron chi connectivity index (χ2n) is 7.66. The van der Waals surface area contributed by atoms with E-state index in [9.17, 15) is 32.7 Å².